The molecular formula is C26H21FN4OS. The summed E-state index contributed by atoms with van der Waals surface area (Å²) in [6.45, 7) is 4.05. The van der Waals surface area contributed by atoms with Crippen molar-refractivity contribution in [3.05, 3.63) is 107 Å². The van der Waals surface area contributed by atoms with Crippen molar-refractivity contribution in [2.24, 2.45) is 0 Å². The van der Waals surface area contributed by atoms with Crippen LogP contribution >= 0.6 is 12.2 Å². The Morgan fingerprint density at radius 2 is 1.73 bits per heavy atom. The normalized spacial score (nSPS) is 16.2. The number of halogens is 1. The summed E-state index contributed by atoms with van der Waals surface area (Å²) < 4.78 is 19.1. The molecule has 2 heterocycles. The lowest BCUT2D eigenvalue weighted by molar-refractivity contribution is 0.404. The minimum Gasteiger partial charge on any atom is -0.351 e. The van der Waals surface area contributed by atoms with Gasteiger partial charge in [-0.3, -0.25) is 4.90 Å². The van der Waals surface area contributed by atoms with Gasteiger partial charge in [-0.25, -0.2) is 4.39 Å². The fraction of sp³-hybridized carbons (Fsp3) is 0.115. The zero-order valence-corrected chi connectivity index (χ0v) is 18.9. The summed E-state index contributed by atoms with van der Waals surface area (Å²) in [4.78, 5) is 6.65. The minimum absolute atomic E-state index is 0.263. The molecule has 5 rings (SSSR count). The van der Waals surface area contributed by atoms with Gasteiger partial charge in [0.15, 0.2) is 5.11 Å². The van der Waals surface area contributed by atoms with Gasteiger partial charge in [-0.1, -0.05) is 47.6 Å². The molecule has 1 N–H and O–H groups in total. The highest BCUT2D eigenvalue weighted by Gasteiger charge is 2.34. The van der Waals surface area contributed by atoms with Crippen LogP contribution in [-0.2, 0) is 0 Å². The van der Waals surface area contributed by atoms with Crippen LogP contribution in [0.15, 0.2) is 89.1 Å². The molecule has 164 valence electrons. The molecule has 1 aliphatic rings. The van der Waals surface area contributed by atoms with Gasteiger partial charge < -0.3 is 9.84 Å². The van der Waals surface area contributed by atoms with Gasteiger partial charge in [0.1, 0.15) is 5.82 Å². The highest BCUT2D eigenvalue weighted by Crippen LogP contribution is 2.39. The van der Waals surface area contributed by atoms with E-state index in [0.29, 0.717) is 22.4 Å². The topological polar surface area (TPSA) is 54.2 Å². The number of allylic oxidation sites excluding steroid dienone is 1. The van der Waals surface area contributed by atoms with Crippen molar-refractivity contribution in [1.82, 2.24) is 15.5 Å². The molecule has 5 nitrogen and oxygen atoms in total. The molecule has 0 aliphatic carbocycles. The monoisotopic (exact) mass is 456 g/mol. The maximum Gasteiger partial charge on any atom is 0.258 e. The molecule has 1 unspecified atom stereocenters. The van der Waals surface area contributed by atoms with Crippen LogP contribution in [0.25, 0.3) is 17.0 Å². The average Bonchev–Trinajstić information content (AvgIpc) is 3.29. The van der Waals surface area contributed by atoms with E-state index < -0.39 is 0 Å². The standard InChI is InChI=1S/C26H21FN4OS/c1-16-7-6-10-21(15-16)31-17(2)22(23(28-26(31)33)18-8-4-3-5-9-18)25-29-24(30-32-25)19-11-13-20(27)14-12-19/h3-15,23H,1-2H3,(H,28,33). The number of thiocarbonyl (C=S) groups is 1. The van der Waals surface area contributed by atoms with Gasteiger partial charge in [0, 0.05) is 16.9 Å². The first-order chi connectivity index (χ1) is 16.0. The molecule has 4 aromatic rings. The number of benzene rings is 3. The Bertz CT molecular complexity index is 1350. The van der Waals surface area contributed by atoms with Crippen molar-refractivity contribution in [3.8, 4) is 11.4 Å². The lowest BCUT2D eigenvalue weighted by Crippen LogP contribution is -2.46. The quantitative estimate of drug-likeness (QED) is 0.377. The molecule has 7 heteroatoms. The highest BCUT2D eigenvalue weighted by atomic mass is 32.1. The Balaban J connectivity index is 1.65. The van der Waals surface area contributed by atoms with E-state index in [0.717, 1.165) is 28.1 Å². The number of anilines is 1. The van der Waals surface area contributed by atoms with E-state index in [4.69, 9.17) is 16.7 Å². The molecule has 1 aliphatic heterocycles. The van der Waals surface area contributed by atoms with Crippen molar-refractivity contribution < 1.29 is 8.91 Å². The third kappa shape index (κ3) is 4.03. The van der Waals surface area contributed by atoms with E-state index in [-0.39, 0.29) is 11.9 Å². The third-order valence-electron chi connectivity index (χ3n) is 5.64. The predicted octanol–water partition coefficient (Wildman–Crippen LogP) is 6.05. The Hall–Kier alpha value is -3.84. The van der Waals surface area contributed by atoms with Crippen LogP contribution in [0, 0.1) is 12.7 Å². The van der Waals surface area contributed by atoms with Crippen LogP contribution in [0.1, 0.15) is 30.0 Å². The molecule has 0 spiro atoms. The first kappa shape index (κ1) is 21.0. The van der Waals surface area contributed by atoms with E-state index in [1.54, 1.807) is 12.1 Å². The van der Waals surface area contributed by atoms with Crippen LogP contribution in [0.4, 0.5) is 10.1 Å². The number of aryl methyl sites for hydroxylation is 1. The van der Waals surface area contributed by atoms with Gasteiger partial charge in [0.2, 0.25) is 5.82 Å². The van der Waals surface area contributed by atoms with Crippen LogP contribution in [0.5, 0.6) is 0 Å². The Labute approximate surface area is 196 Å². The van der Waals surface area contributed by atoms with Crippen LogP contribution in [-0.4, -0.2) is 15.3 Å². The Morgan fingerprint density at radius 3 is 2.45 bits per heavy atom. The first-order valence-corrected chi connectivity index (χ1v) is 10.9. The van der Waals surface area contributed by atoms with E-state index in [1.807, 2.05) is 67.3 Å². The molecule has 1 aromatic heterocycles. The smallest absolute Gasteiger partial charge is 0.258 e. The molecular weight excluding hydrogens is 435 g/mol. The first-order valence-electron chi connectivity index (χ1n) is 10.5. The maximum atomic E-state index is 13.4. The van der Waals surface area contributed by atoms with Crippen molar-refractivity contribution in [2.75, 3.05) is 4.90 Å². The lowest BCUT2D eigenvalue weighted by Gasteiger charge is -2.37. The summed E-state index contributed by atoms with van der Waals surface area (Å²) in [5.74, 6) is 0.463. The highest BCUT2D eigenvalue weighted by molar-refractivity contribution is 7.80. The zero-order chi connectivity index (χ0) is 22.9. The number of hydrogen-bond donors (Lipinski definition) is 1. The molecule has 0 fully saturated rings. The van der Waals surface area contributed by atoms with Gasteiger partial charge >= 0.3 is 0 Å². The number of hydrogen-bond acceptors (Lipinski definition) is 4. The van der Waals surface area contributed by atoms with Gasteiger partial charge in [-0.2, -0.15) is 4.98 Å². The second kappa shape index (κ2) is 8.60. The number of nitrogens with zero attached hydrogens (tertiary/aromatic N) is 3. The second-order valence-electron chi connectivity index (χ2n) is 7.90. The molecule has 1 atom stereocenters. The SMILES string of the molecule is CC1=C(c2nc(-c3ccc(F)cc3)no2)C(c2ccccc2)NC(=S)N1c1cccc(C)c1. The summed E-state index contributed by atoms with van der Waals surface area (Å²) in [6.07, 6.45) is 0. The lowest BCUT2D eigenvalue weighted by atomic mass is 9.94. The average molecular weight is 457 g/mol. The number of aromatic nitrogens is 2. The molecule has 3 aromatic carbocycles. The fourth-order valence-corrected chi connectivity index (χ4v) is 4.40. The van der Waals surface area contributed by atoms with E-state index in [1.165, 1.54) is 12.1 Å². The molecule has 0 saturated heterocycles. The van der Waals surface area contributed by atoms with E-state index in [2.05, 4.69) is 21.5 Å². The number of rotatable bonds is 4. The molecule has 0 amide bonds. The van der Waals surface area contributed by atoms with E-state index in [9.17, 15) is 4.39 Å². The largest absolute Gasteiger partial charge is 0.351 e. The van der Waals surface area contributed by atoms with Gasteiger partial charge in [0.05, 0.1) is 11.6 Å². The molecule has 0 radical (unpaired) electrons. The molecule has 0 bridgehead atoms. The van der Waals surface area contributed by atoms with Crippen LogP contribution in [0.2, 0.25) is 0 Å². The Kier molecular flexibility index (Phi) is 5.48. The summed E-state index contributed by atoms with van der Waals surface area (Å²) >= 11 is 5.78. The van der Waals surface area contributed by atoms with Gasteiger partial charge in [-0.15, -0.1) is 0 Å². The predicted molar refractivity (Wildman–Crippen MR) is 131 cm³/mol. The van der Waals surface area contributed by atoms with Crippen LogP contribution in [0.3, 0.4) is 0 Å². The minimum atomic E-state index is -0.316. The van der Waals surface area contributed by atoms with Crippen LogP contribution < -0.4 is 10.2 Å². The summed E-state index contributed by atoms with van der Waals surface area (Å²) in [5, 5.41) is 8.21. The second-order valence-corrected chi connectivity index (χ2v) is 8.28. The maximum absolute atomic E-state index is 13.4. The van der Waals surface area contributed by atoms with Gasteiger partial charge in [0.25, 0.3) is 5.89 Å². The summed E-state index contributed by atoms with van der Waals surface area (Å²) in [6, 6.07) is 23.9. The summed E-state index contributed by atoms with van der Waals surface area (Å²) in [7, 11) is 0. The molecule has 0 saturated carbocycles. The van der Waals surface area contributed by atoms with Gasteiger partial charge in [-0.05, 0) is 73.6 Å². The Morgan fingerprint density at radius 1 is 0.970 bits per heavy atom. The fourth-order valence-electron chi connectivity index (χ4n) is 4.04. The van der Waals surface area contributed by atoms with Crippen molar-refractivity contribution in [3.63, 3.8) is 0 Å². The number of nitrogens with one attached hydrogen (secondary N) is 1. The third-order valence-corrected chi connectivity index (χ3v) is 5.94. The molecule has 33 heavy (non-hydrogen) atoms. The van der Waals surface area contributed by atoms with Crippen molar-refractivity contribution >= 4 is 28.6 Å². The van der Waals surface area contributed by atoms with Crippen molar-refractivity contribution in [1.29, 1.82) is 0 Å². The van der Waals surface area contributed by atoms with E-state index >= 15 is 0 Å². The summed E-state index contributed by atoms with van der Waals surface area (Å²) in [5.41, 5.74) is 5.51. The zero-order valence-electron chi connectivity index (χ0n) is 18.1. The van der Waals surface area contributed by atoms with Crippen molar-refractivity contribution in [2.45, 2.75) is 19.9 Å².